The zero-order valence-corrected chi connectivity index (χ0v) is 9.92. The van der Waals surface area contributed by atoms with Gasteiger partial charge >= 0.3 is 5.97 Å². The third-order valence-electron chi connectivity index (χ3n) is 2.97. The van der Waals surface area contributed by atoms with E-state index in [2.05, 4.69) is 0 Å². The van der Waals surface area contributed by atoms with Crippen molar-refractivity contribution < 1.29 is 19.4 Å². The number of aliphatic carboxylic acids is 1. The highest BCUT2D eigenvalue weighted by molar-refractivity contribution is 6.00. The van der Waals surface area contributed by atoms with Crippen LogP contribution in [0.3, 0.4) is 0 Å². The lowest BCUT2D eigenvalue weighted by Gasteiger charge is -2.19. The molecule has 3 N–H and O–H groups in total. The van der Waals surface area contributed by atoms with Crippen molar-refractivity contribution in [1.82, 2.24) is 0 Å². The summed E-state index contributed by atoms with van der Waals surface area (Å²) in [5.74, 6) is -1.37. The topological polar surface area (TPSA) is 92.9 Å². The third-order valence-corrected chi connectivity index (χ3v) is 2.97. The zero-order chi connectivity index (χ0) is 13.3. The summed E-state index contributed by atoms with van der Waals surface area (Å²) >= 11 is 0. The maximum absolute atomic E-state index is 11.8. The van der Waals surface area contributed by atoms with Crippen LogP contribution in [0.4, 0.5) is 11.4 Å². The first-order chi connectivity index (χ1) is 8.52. The number of hydrogen-bond donors (Lipinski definition) is 2. The van der Waals surface area contributed by atoms with Crippen LogP contribution in [-0.2, 0) is 9.59 Å². The molecule has 6 nitrogen and oxygen atoms in total. The van der Waals surface area contributed by atoms with Gasteiger partial charge in [0.1, 0.15) is 5.75 Å². The number of carboxylic acids is 1. The van der Waals surface area contributed by atoms with Gasteiger partial charge in [0.15, 0.2) is 0 Å². The van der Waals surface area contributed by atoms with E-state index in [0.29, 0.717) is 17.1 Å². The van der Waals surface area contributed by atoms with Crippen LogP contribution >= 0.6 is 0 Å². The summed E-state index contributed by atoms with van der Waals surface area (Å²) < 4.78 is 5.16. The average Bonchev–Trinajstić information content (AvgIpc) is 2.71. The van der Waals surface area contributed by atoms with Crippen molar-refractivity contribution in [1.29, 1.82) is 0 Å². The van der Waals surface area contributed by atoms with Crippen molar-refractivity contribution in [3.8, 4) is 5.75 Å². The number of hydrogen-bond acceptors (Lipinski definition) is 4. The lowest BCUT2D eigenvalue weighted by Crippen LogP contribution is -2.26. The van der Waals surface area contributed by atoms with E-state index in [1.165, 1.54) is 12.0 Å². The molecule has 0 saturated carbocycles. The smallest absolute Gasteiger partial charge is 0.308 e. The predicted octanol–water partition coefficient (Wildman–Crippen LogP) is 0.715. The molecule has 1 fully saturated rings. The first kappa shape index (κ1) is 12.2. The monoisotopic (exact) mass is 250 g/mol. The maximum atomic E-state index is 11.8. The Hall–Kier alpha value is -2.24. The van der Waals surface area contributed by atoms with Gasteiger partial charge in [0.2, 0.25) is 5.91 Å². The number of anilines is 2. The summed E-state index contributed by atoms with van der Waals surface area (Å²) in [6.45, 7) is 0.147. The highest BCUT2D eigenvalue weighted by Crippen LogP contribution is 2.34. The number of rotatable bonds is 3. The van der Waals surface area contributed by atoms with Gasteiger partial charge in [-0.3, -0.25) is 9.59 Å². The number of benzene rings is 1. The normalized spacial score (nSPS) is 19.1. The molecule has 0 bridgehead atoms. The number of carbonyl (C=O) groups excluding carboxylic acids is 1. The van der Waals surface area contributed by atoms with Crippen LogP contribution in [-0.4, -0.2) is 30.6 Å². The average molecular weight is 250 g/mol. The van der Waals surface area contributed by atoms with Gasteiger partial charge in [-0.1, -0.05) is 0 Å². The second-order valence-corrected chi connectivity index (χ2v) is 4.17. The highest BCUT2D eigenvalue weighted by atomic mass is 16.5. The van der Waals surface area contributed by atoms with Gasteiger partial charge in [-0.15, -0.1) is 0 Å². The van der Waals surface area contributed by atoms with E-state index in [0.717, 1.165) is 0 Å². The predicted molar refractivity (Wildman–Crippen MR) is 65.5 cm³/mol. The molecule has 1 aliphatic rings. The van der Waals surface area contributed by atoms with Crippen LogP contribution in [0.5, 0.6) is 5.75 Å². The molecule has 1 amide bonds. The van der Waals surface area contributed by atoms with E-state index in [4.69, 9.17) is 15.6 Å². The van der Waals surface area contributed by atoms with Crippen LogP contribution in [0.2, 0.25) is 0 Å². The van der Waals surface area contributed by atoms with Gasteiger partial charge in [0.25, 0.3) is 0 Å². The molecule has 2 rings (SSSR count). The summed E-state index contributed by atoms with van der Waals surface area (Å²) in [5, 5.41) is 8.94. The van der Waals surface area contributed by atoms with Crippen molar-refractivity contribution in [2.24, 2.45) is 5.92 Å². The van der Waals surface area contributed by atoms with E-state index in [9.17, 15) is 9.59 Å². The minimum Gasteiger partial charge on any atom is -0.495 e. The van der Waals surface area contributed by atoms with Crippen molar-refractivity contribution in [2.75, 3.05) is 24.3 Å². The van der Waals surface area contributed by atoms with Gasteiger partial charge in [0, 0.05) is 18.7 Å². The Balaban J connectivity index is 2.34. The number of methoxy groups -OCH3 is 1. The first-order valence-corrected chi connectivity index (χ1v) is 5.49. The quantitative estimate of drug-likeness (QED) is 0.771. The zero-order valence-electron chi connectivity index (χ0n) is 9.92. The van der Waals surface area contributed by atoms with Gasteiger partial charge < -0.3 is 20.5 Å². The van der Waals surface area contributed by atoms with Crippen LogP contribution in [0.25, 0.3) is 0 Å². The number of nitrogens with two attached hydrogens (primary N) is 1. The lowest BCUT2D eigenvalue weighted by atomic mass is 10.1. The second-order valence-electron chi connectivity index (χ2n) is 4.17. The number of nitrogens with zero attached hydrogens (tertiary/aromatic N) is 1. The lowest BCUT2D eigenvalue weighted by molar-refractivity contribution is -0.141. The van der Waals surface area contributed by atoms with Gasteiger partial charge in [0.05, 0.1) is 18.7 Å². The Labute approximate surface area is 104 Å². The molecule has 1 atom stereocenters. The minimum atomic E-state index is -0.964. The molecule has 0 aromatic heterocycles. The van der Waals surface area contributed by atoms with Gasteiger partial charge in [-0.05, 0) is 18.2 Å². The van der Waals surface area contributed by atoms with Crippen molar-refractivity contribution in [2.45, 2.75) is 6.42 Å². The molecule has 6 heteroatoms. The first-order valence-electron chi connectivity index (χ1n) is 5.49. The fourth-order valence-corrected chi connectivity index (χ4v) is 2.02. The number of carboxylic acid groups (broad SMARTS) is 1. The van der Waals surface area contributed by atoms with E-state index < -0.39 is 11.9 Å². The molecular weight excluding hydrogens is 236 g/mol. The summed E-state index contributed by atoms with van der Waals surface area (Å²) in [4.78, 5) is 24.2. The number of carbonyl (C=O) groups is 2. The van der Waals surface area contributed by atoms with Crippen molar-refractivity contribution >= 4 is 23.3 Å². The molecule has 1 aromatic rings. The van der Waals surface area contributed by atoms with Gasteiger partial charge in [-0.2, -0.15) is 0 Å². The van der Waals surface area contributed by atoms with Crippen molar-refractivity contribution in [3.05, 3.63) is 18.2 Å². The highest BCUT2D eigenvalue weighted by Gasteiger charge is 2.36. The van der Waals surface area contributed by atoms with Crippen LogP contribution in [0, 0.1) is 5.92 Å². The standard InChI is InChI=1S/C12H14N2O4/c1-18-10-3-2-8(13)5-9(10)14-6-7(12(16)17)4-11(14)15/h2-3,5,7H,4,6,13H2,1H3,(H,16,17)/t7-/m1/s1. The molecule has 1 aromatic carbocycles. The summed E-state index contributed by atoms with van der Waals surface area (Å²) in [6.07, 6.45) is 0.00723. The number of nitrogen functional groups attached to an aromatic ring is 1. The fraction of sp³-hybridized carbons (Fsp3) is 0.333. The number of ether oxygens (including phenoxy) is 1. The SMILES string of the molecule is COc1ccc(N)cc1N1C[C@H](C(=O)O)CC1=O. The minimum absolute atomic E-state index is 0.00723. The third kappa shape index (κ3) is 2.09. The van der Waals surface area contributed by atoms with Crippen molar-refractivity contribution in [3.63, 3.8) is 0 Å². The van der Waals surface area contributed by atoms with Crippen LogP contribution in [0.15, 0.2) is 18.2 Å². The molecule has 96 valence electrons. The summed E-state index contributed by atoms with van der Waals surface area (Å²) in [7, 11) is 1.49. The fourth-order valence-electron chi connectivity index (χ4n) is 2.02. The Morgan fingerprint density at radius 3 is 2.83 bits per heavy atom. The maximum Gasteiger partial charge on any atom is 0.308 e. The molecular formula is C12H14N2O4. The summed E-state index contributed by atoms with van der Waals surface area (Å²) in [5.41, 5.74) is 6.70. The van der Waals surface area contributed by atoms with E-state index in [-0.39, 0.29) is 18.9 Å². The summed E-state index contributed by atoms with van der Waals surface area (Å²) in [6, 6.07) is 4.94. The van der Waals surface area contributed by atoms with E-state index in [1.807, 2.05) is 0 Å². The Kier molecular flexibility index (Phi) is 3.10. The Bertz CT molecular complexity index is 501. The van der Waals surface area contributed by atoms with Crippen LogP contribution < -0.4 is 15.4 Å². The molecule has 1 heterocycles. The molecule has 1 aliphatic heterocycles. The Morgan fingerprint density at radius 2 is 2.28 bits per heavy atom. The van der Waals surface area contributed by atoms with Gasteiger partial charge in [-0.25, -0.2) is 0 Å². The van der Waals surface area contributed by atoms with E-state index >= 15 is 0 Å². The molecule has 0 radical (unpaired) electrons. The van der Waals surface area contributed by atoms with Crippen LogP contribution in [0.1, 0.15) is 6.42 Å². The largest absolute Gasteiger partial charge is 0.495 e. The molecule has 1 saturated heterocycles. The molecule has 0 aliphatic carbocycles. The molecule has 18 heavy (non-hydrogen) atoms. The number of amides is 1. The van der Waals surface area contributed by atoms with E-state index in [1.54, 1.807) is 18.2 Å². The second kappa shape index (κ2) is 4.56. The Morgan fingerprint density at radius 1 is 1.56 bits per heavy atom. The molecule has 0 spiro atoms. The molecule has 0 unspecified atom stereocenters.